The second-order valence-corrected chi connectivity index (χ2v) is 3.57. The number of aliphatic hydroxyl groups is 1. The minimum Gasteiger partial charge on any atom is -0.424 e. The van der Waals surface area contributed by atoms with Crippen molar-refractivity contribution in [3.05, 3.63) is 0 Å². The van der Waals surface area contributed by atoms with Crippen molar-refractivity contribution in [1.82, 2.24) is 0 Å². The molecule has 0 amide bonds. The quantitative estimate of drug-likeness (QED) is 0.375. The Kier molecular flexibility index (Phi) is 2.01. The molecule has 0 radical (unpaired) electrons. The number of hydrogen-bond donors (Lipinski definition) is 1. The van der Waals surface area contributed by atoms with E-state index in [4.69, 9.17) is 14.3 Å². The fourth-order valence-electron chi connectivity index (χ4n) is 0.651. The van der Waals surface area contributed by atoms with Gasteiger partial charge in [0.25, 0.3) is 0 Å². The zero-order valence-electron chi connectivity index (χ0n) is 4.83. The van der Waals surface area contributed by atoms with Gasteiger partial charge in [-0.05, 0) is 0 Å². The third kappa shape index (κ3) is 1.29. The number of epoxide rings is 1. The first-order valence-electron chi connectivity index (χ1n) is 2.63. The van der Waals surface area contributed by atoms with Crippen LogP contribution in [0.15, 0.2) is 0 Å². The van der Waals surface area contributed by atoms with Gasteiger partial charge in [0.15, 0.2) is 9.76 Å². The molecule has 0 saturated carbocycles. The van der Waals surface area contributed by atoms with Gasteiger partial charge >= 0.3 is 0 Å². The van der Waals surface area contributed by atoms with Crippen LogP contribution in [0.2, 0.25) is 0 Å². The number of rotatable bonds is 3. The van der Waals surface area contributed by atoms with Crippen LogP contribution < -0.4 is 0 Å². The van der Waals surface area contributed by atoms with E-state index in [1.807, 2.05) is 0 Å². The predicted octanol–water partition coefficient (Wildman–Crippen LogP) is -1.57. The van der Waals surface area contributed by atoms with Crippen LogP contribution in [0, 0.1) is 0 Å². The Morgan fingerprint density at radius 1 is 1.88 bits per heavy atom. The zero-order chi connectivity index (χ0) is 5.98. The van der Waals surface area contributed by atoms with E-state index in [2.05, 4.69) is 0 Å². The van der Waals surface area contributed by atoms with Crippen molar-refractivity contribution in [3.63, 3.8) is 0 Å². The molecular formula is C4H10O3Si. The maximum absolute atomic E-state index is 8.44. The highest BCUT2D eigenvalue weighted by Gasteiger charge is 2.38. The molecule has 0 aromatic heterocycles. The van der Waals surface area contributed by atoms with E-state index in [0.717, 1.165) is 0 Å². The largest absolute Gasteiger partial charge is 0.424 e. The molecule has 0 bridgehead atoms. The lowest BCUT2D eigenvalue weighted by atomic mass is 10.5. The van der Waals surface area contributed by atoms with E-state index in [-0.39, 0.29) is 12.7 Å². The summed E-state index contributed by atoms with van der Waals surface area (Å²) in [6.07, 6.45) is 0.113. The molecule has 2 atom stereocenters. The summed E-state index contributed by atoms with van der Waals surface area (Å²) < 4.78 is 9.89. The lowest BCUT2D eigenvalue weighted by Gasteiger charge is -1.86. The highest BCUT2D eigenvalue weighted by atomic mass is 28.2. The lowest BCUT2D eigenvalue weighted by Crippen LogP contribution is -2.08. The van der Waals surface area contributed by atoms with Crippen LogP contribution in [0.4, 0.5) is 0 Å². The van der Waals surface area contributed by atoms with Crippen LogP contribution in [0.5, 0.6) is 0 Å². The number of hydrogen-bond acceptors (Lipinski definition) is 3. The monoisotopic (exact) mass is 134 g/mol. The summed E-state index contributed by atoms with van der Waals surface area (Å²) in [5.74, 6) is 0. The number of aliphatic hydroxyl groups excluding tert-OH is 1. The summed E-state index contributed by atoms with van der Waals surface area (Å²) in [6, 6.07) is 0. The minimum atomic E-state index is -0.473. The van der Waals surface area contributed by atoms with Gasteiger partial charge in [-0.25, -0.2) is 0 Å². The fourth-order valence-corrected chi connectivity index (χ4v) is 1.67. The van der Waals surface area contributed by atoms with Crippen molar-refractivity contribution in [2.75, 3.05) is 13.7 Å². The molecule has 1 heterocycles. The molecule has 1 aliphatic heterocycles. The van der Waals surface area contributed by atoms with Crippen molar-refractivity contribution >= 4 is 9.76 Å². The molecule has 1 N–H and O–H groups in total. The molecule has 8 heavy (non-hydrogen) atoms. The third-order valence-corrected chi connectivity index (χ3v) is 2.58. The van der Waals surface area contributed by atoms with Crippen LogP contribution in [-0.2, 0) is 9.16 Å². The molecule has 4 heteroatoms. The second kappa shape index (κ2) is 2.59. The van der Waals surface area contributed by atoms with Crippen LogP contribution >= 0.6 is 0 Å². The normalized spacial score (nSPS) is 36.8. The molecule has 0 aromatic carbocycles. The standard InChI is InChI=1S/C4H10O3Si/c1-6-8-4-3(2-5)7-4/h3-5H,2,8H2,1H3. The molecule has 2 unspecified atom stereocenters. The van der Waals surface area contributed by atoms with Gasteiger partial charge in [-0.1, -0.05) is 0 Å². The maximum Gasteiger partial charge on any atom is 0.193 e. The van der Waals surface area contributed by atoms with Gasteiger partial charge < -0.3 is 14.3 Å². The lowest BCUT2D eigenvalue weighted by molar-refractivity contribution is 0.243. The Morgan fingerprint density at radius 3 is 3.00 bits per heavy atom. The van der Waals surface area contributed by atoms with Crippen LogP contribution in [0.25, 0.3) is 0 Å². The molecule has 0 spiro atoms. The van der Waals surface area contributed by atoms with E-state index in [1.54, 1.807) is 7.11 Å². The molecule has 0 aromatic rings. The average Bonchev–Trinajstić information content (AvgIpc) is 2.48. The Bertz CT molecular complexity index is 77.7. The Morgan fingerprint density at radius 2 is 2.62 bits per heavy atom. The summed E-state index contributed by atoms with van der Waals surface area (Å²) in [4.78, 5) is 0. The minimum absolute atomic E-state index is 0.113. The molecular weight excluding hydrogens is 124 g/mol. The first-order chi connectivity index (χ1) is 3.88. The molecule has 3 nitrogen and oxygen atoms in total. The van der Waals surface area contributed by atoms with Crippen molar-refractivity contribution in [1.29, 1.82) is 0 Å². The smallest absolute Gasteiger partial charge is 0.193 e. The number of ether oxygens (including phenoxy) is 1. The van der Waals surface area contributed by atoms with Gasteiger partial charge in [0.05, 0.1) is 12.3 Å². The van der Waals surface area contributed by atoms with Gasteiger partial charge in [-0.15, -0.1) is 0 Å². The van der Waals surface area contributed by atoms with E-state index < -0.39 is 9.76 Å². The summed E-state index contributed by atoms with van der Waals surface area (Å²) in [6.45, 7) is 0.154. The Hall–Kier alpha value is 0.0969. The fraction of sp³-hybridized carbons (Fsp3) is 1.00. The topological polar surface area (TPSA) is 42.0 Å². The van der Waals surface area contributed by atoms with Crippen LogP contribution in [-0.4, -0.2) is 40.4 Å². The van der Waals surface area contributed by atoms with Crippen LogP contribution in [0.1, 0.15) is 0 Å². The van der Waals surface area contributed by atoms with E-state index in [1.165, 1.54) is 0 Å². The summed E-state index contributed by atoms with van der Waals surface area (Å²) >= 11 is 0. The molecule has 1 aliphatic rings. The van der Waals surface area contributed by atoms with Gasteiger partial charge in [-0.3, -0.25) is 0 Å². The SMILES string of the molecule is CO[SiH2]C1OC1CO. The average molecular weight is 134 g/mol. The van der Waals surface area contributed by atoms with Crippen molar-refractivity contribution in [3.8, 4) is 0 Å². The highest BCUT2D eigenvalue weighted by Crippen LogP contribution is 2.19. The van der Waals surface area contributed by atoms with Crippen molar-refractivity contribution in [2.45, 2.75) is 11.8 Å². The Labute approximate surface area is 50.5 Å². The van der Waals surface area contributed by atoms with Gasteiger partial charge in [0.1, 0.15) is 6.10 Å². The molecule has 1 fully saturated rings. The maximum atomic E-state index is 8.44. The summed E-state index contributed by atoms with van der Waals surface area (Å²) in [5, 5.41) is 8.44. The Balaban J connectivity index is 1.99. The van der Waals surface area contributed by atoms with Crippen LogP contribution in [0.3, 0.4) is 0 Å². The van der Waals surface area contributed by atoms with Gasteiger partial charge in [-0.2, -0.15) is 0 Å². The van der Waals surface area contributed by atoms with E-state index in [9.17, 15) is 0 Å². The molecule has 48 valence electrons. The zero-order valence-corrected chi connectivity index (χ0v) is 6.25. The second-order valence-electron chi connectivity index (χ2n) is 1.85. The van der Waals surface area contributed by atoms with Gasteiger partial charge in [0, 0.05) is 7.11 Å². The van der Waals surface area contributed by atoms with Gasteiger partial charge in [0.2, 0.25) is 0 Å². The molecule has 1 saturated heterocycles. The highest BCUT2D eigenvalue weighted by molar-refractivity contribution is 6.30. The first-order valence-corrected chi connectivity index (χ1v) is 4.03. The molecule has 0 aliphatic carbocycles. The third-order valence-electron chi connectivity index (χ3n) is 1.20. The molecule has 1 rings (SSSR count). The predicted molar refractivity (Wildman–Crippen MR) is 31.3 cm³/mol. The summed E-state index contributed by atoms with van der Waals surface area (Å²) in [7, 11) is 1.21. The van der Waals surface area contributed by atoms with Crippen molar-refractivity contribution < 1.29 is 14.3 Å². The summed E-state index contributed by atoms with van der Waals surface area (Å²) in [5.41, 5.74) is 0.296. The van der Waals surface area contributed by atoms with E-state index >= 15 is 0 Å². The first kappa shape index (κ1) is 6.22. The van der Waals surface area contributed by atoms with E-state index in [0.29, 0.717) is 5.73 Å². The van der Waals surface area contributed by atoms with Crippen molar-refractivity contribution in [2.24, 2.45) is 0 Å².